The quantitative estimate of drug-likeness (QED) is 0.872. The van der Waals surface area contributed by atoms with Crippen LogP contribution in [0.3, 0.4) is 0 Å². The molecule has 0 aromatic heterocycles. The zero-order valence-electron chi connectivity index (χ0n) is 10.9. The lowest BCUT2D eigenvalue weighted by Crippen LogP contribution is -2.46. The number of methoxy groups -OCH3 is 1. The van der Waals surface area contributed by atoms with Crippen LogP contribution < -0.4 is 15.4 Å². The molecule has 1 aromatic rings. The van der Waals surface area contributed by atoms with Crippen molar-refractivity contribution in [3.8, 4) is 5.75 Å². The lowest BCUT2D eigenvalue weighted by atomic mass is 10.3. The second-order valence-electron chi connectivity index (χ2n) is 4.42. The summed E-state index contributed by atoms with van der Waals surface area (Å²) in [6.07, 6.45) is 0. The van der Waals surface area contributed by atoms with E-state index in [1.54, 1.807) is 25.3 Å². The summed E-state index contributed by atoms with van der Waals surface area (Å²) in [5.74, 6) is 0.574. The van der Waals surface area contributed by atoms with Gasteiger partial charge in [-0.15, -0.1) is 0 Å². The Kier molecular flexibility index (Phi) is 5.01. The van der Waals surface area contributed by atoms with E-state index in [1.165, 1.54) is 0 Å². The van der Waals surface area contributed by atoms with Crippen molar-refractivity contribution in [1.82, 2.24) is 10.2 Å². The molecule has 0 atom stereocenters. The van der Waals surface area contributed by atoms with Crippen LogP contribution in [0, 0.1) is 0 Å². The second kappa shape index (κ2) is 6.75. The van der Waals surface area contributed by atoms with Gasteiger partial charge in [-0.3, -0.25) is 9.69 Å². The zero-order valence-corrected chi connectivity index (χ0v) is 11.7. The second-order valence-corrected chi connectivity index (χ2v) is 4.83. The fourth-order valence-electron chi connectivity index (χ4n) is 2.02. The van der Waals surface area contributed by atoms with Gasteiger partial charge in [0.1, 0.15) is 5.75 Å². The standard InChI is InChI=1S/C13H18ClN3O2/c1-19-12-3-2-10(8-11(12)14)16-13(18)9-17-6-4-15-5-7-17/h2-3,8,15H,4-7,9H2,1H3,(H,16,18). The van der Waals surface area contributed by atoms with Gasteiger partial charge in [0.15, 0.2) is 0 Å². The van der Waals surface area contributed by atoms with Crippen LogP contribution >= 0.6 is 11.6 Å². The summed E-state index contributed by atoms with van der Waals surface area (Å²) in [5.41, 5.74) is 0.686. The molecule has 5 nitrogen and oxygen atoms in total. The number of carbonyl (C=O) groups is 1. The van der Waals surface area contributed by atoms with Crippen molar-refractivity contribution in [3.63, 3.8) is 0 Å². The summed E-state index contributed by atoms with van der Waals surface area (Å²) >= 11 is 6.01. The third-order valence-electron chi connectivity index (χ3n) is 3.01. The molecule has 1 aromatic carbocycles. The molecule has 0 radical (unpaired) electrons. The van der Waals surface area contributed by atoms with Crippen LogP contribution in [-0.2, 0) is 4.79 Å². The minimum absolute atomic E-state index is 0.0249. The SMILES string of the molecule is COc1ccc(NC(=O)CN2CCNCC2)cc1Cl. The highest BCUT2D eigenvalue weighted by Crippen LogP contribution is 2.27. The molecule has 19 heavy (non-hydrogen) atoms. The number of anilines is 1. The number of rotatable bonds is 4. The van der Waals surface area contributed by atoms with Crippen LogP contribution in [0.15, 0.2) is 18.2 Å². The van der Waals surface area contributed by atoms with E-state index < -0.39 is 0 Å². The number of piperazine rings is 1. The van der Waals surface area contributed by atoms with E-state index in [0.29, 0.717) is 23.0 Å². The van der Waals surface area contributed by atoms with Crippen LogP contribution in [0.5, 0.6) is 5.75 Å². The summed E-state index contributed by atoms with van der Waals surface area (Å²) in [6.45, 7) is 4.07. The molecule has 1 heterocycles. The summed E-state index contributed by atoms with van der Waals surface area (Å²) in [7, 11) is 1.56. The van der Waals surface area contributed by atoms with Crippen LogP contribution in [0.1, 0.15) is 0 Å². The van der Waals surface area contributed by atoms with E-state index in [9.17, 15) is 4.79 Å². The van der Waals surface area contributed by atoms with Gasteiger partial charge in [-0.1, -0.05) is 11.6 Å². The Morgan fingerprint density at radius 3 is 2.84 bits per heavy atom. The predicted octanol–water partition coefficient (Wildman–Crippen LogP) is 1.19. The molecule has 6 heteroatoms. The van der Waals surface area contributed by atoms with Crippen LogP contribution in [0.4, 0.5) is 5.69 Å². The van der Waals surface area contributed by atoms with Crippen molar-refractivity contribution in [2.45, 2.75) is 0 Å². The van der Waals surface area contributed by atoms with Crippen LogP contribution in [0.25, 0.3) is 0 Å². The monoisotopic (exact) mass is 283 g/mol. The number of benzene rings is 1. The van der Waals surface area contributed by atoms with Crippen molar-refractivity contribution in [3.05, 3.63) is 23.2 Å². The molecule has 1 fully saturated rings. The number of halogens is 1. The maximum Gasteiger partial charge on any atom is 0.238 e. The fourth-order valence-corrected chi connectivity index (χ4v) is 2.27. The molecule has 104 valence electrons. The Morgan fingerprint density at radius 1 is 1.47 bits per heavy atom. The van der Waals surface area contributed by atoms with Gasteiger partial charge in [0, 0.05) is 31.9 Å². The van der Waals surface area contributed by atoms with Crippen molar-refractivity contribution < 1.29 is 9.53 Å². The van der Waals surface area contributed by atoms with Crippen molar-refractivity contribution in [1.29, 1.82) is 0 Å². The Balaban J connectivity index is 1.89. The molecular weight excluding hydrogens is 266 g/mol. The molecule has 1 aliphatic rings. The maximum absolute atomic E-state index is 11.9. The highest BCUT2D eigenvalue weighted by Gasteiger charge is 2.13. The first-order valence-electron chi connectivity index (χ1n) is 6.25. The predicted molar refractivity (Wildman–Crippen MR) is 75.9 cm³/mol. The molecule has 0 spiro atoms. The van der Waals surface area contributed by atoms with Crippen molar-refractivity contribution in [2.24, 2.45) is 0 Å². The number of nitrogens with zero attached hydrogens (tertiary/aromatic N) is 1. The van der Waals surface area contributed by atoms with Gasteiger partial charge in [0.05, 0.1) is 18.7 Å². The first kappa shape index (κ1) is 14.1. The Hall–Kier alpha value is -1.30. The highest BCUT2D eigenvalue weighted by molar-refractivity contribution is 6.32. The molecule has 2 rings (SSSR count). The van der Waals surface area contributed by atoms with Crippen LogP contribution in [0.2, 0.25) is 5.02 Å². The molecule has 0 unspecified atom stereocenters. The lowest BCUT2D eigenvalue weighted by molar-refractivity contribution is -0.117. The number of amides is 1. The molecule has 0 saturated carbocycles. The average Bonchev–Trinajstić information content (AvgIpc) is 2.40. The molecular formula is C13H18ClN3O2. The zero-order chi connectivity index (χ0) is 13.7. The minimum atomic E-state index is -0.0249. The summed E-state index contributed by atoms with van der Waals surface area (Å²) in [4.78, 5) is 14.0. The number of nitrogens with one attached hydrogen (secondary N) is 2. The van der Waals surface area contributed by atoms with E-state index in [2.05, 4.69) is 15.5 Å². The van der Waals surface area contributed by atoms with E-state index in [4.69, 9.17) is 16.3 Å². The van der Waals surface area contributed by atoms with E-state index in [0.717, 1.165) is 26.2 Å². The van der Waals surface area contributed by atoms with Gasteiger partial charge in [-0.05, 0) is 18.2 Å². The van der Waals surface area contributed by atoms with Crippen LogP contribution in [-0.4, -0.2) is 50.6 Å². The van der Waals surface area contributed by atoms with Gasteiger partial charge < -0.3 is 15.4 Å². The number of hydrogen-bond donors (Lipinski definition) is 2. The normalized spacial score (nSPS) is 16.1. The lowest BCUT2D eigenvalue weighted by Gasteiger charge is -2.26. The third kappa shape index (κ3) is 4.09. The Labute approximate surface area is 117 Å². The minimum Gasteiger partial charge on any atom is -0.495 e. The third-order valence-corrected chi connectivity index (χ3v) is 3.31. The number of hydrogen-bond acceptors (Lipinski definition) is 4. The van der Waals surface area contributed by atoms with Gasteiger partial charge in [0.2, 0.25) is 5.91 Å². The first-order chi connectivity index (χ1) is 9.19. The Morgan fingerprint density at radius 2 is 2.21 bits per heavy atom. The van der Waals surface area contributed by atoms with E-state index in [-0.39, 0.29) is 5.91 Å². The van der Waals surface area contributed by atoms with Crippen molar-refractivity contribution >= 4 is 23.2 Å². The summed E-state index contributed by atoms with van der Waals surface area (Å²) in [6, 6.07) is 5.21. The topological polar surface area (TPSA) is 53.6 Å². The summed E-state index contributed by atoms with van der Waals surface area (Å²) < 4.78 is 5.07. The molecule has 0 bridgehead atoms. The Bertz CT molecular complexity index is 448. The van der Waals surface area contributed by atoms with Gasteiger partial charge >= 0.3 is 0 Å². The van der Waals surface area contributed by atoms with Gasteiger partial charge in [-0.25, -0.2) is 0 Å². The molecule has 1 aliphatic heterocycles. The smallest absolute Gasteiger partial charge is 0.238 e. The van der Waals surface area contributed by atoms with Gasteiger partial charge in [-0.2, -0.15) is 0 Å². The maximum atomic E-state index is 11.9. The van der Waals surface area contributed by atoms with E-state index in [1.807, 2.05) is 0 Å². The first-order valence-corrected chi connectivity index (χ1v) is 6.63. The van der Waals surface area contributed by atoms with Gasteiger partial charge in [0.25, 0.3) is 0 Å². The fraction of sp³-hybridized carbons (Fsp3) is 0.462. The summed E-state index contributed by atoms with van der Waals surface area (Å²) in [5, 5.41) is 6.58. The molecule has 1 amide bonds. The largest absolute Gasteiger partial charge is 0.495 e. The molecule has 2 N–H and O–H groups in total. The number of ether oxygens (including phenoxy) is 1. The highest BCUT2D eigenvalue weighted by atomic mass is 35.5. The molecule has 0 aliphatic carbocycles. The average molecular weight is 284 g/mol. The van der Waals surface area contributed by atoms with Crippen molar-refractivity contribution in [2.75, 3.05) is 45.2 Å². The number of carbonyl (C=O) groups excluding carboxylic acids is 1. The molecule has 1 saturated heterocycles. The van der Waals surface area contributed by atoms with E-state index >= 15 is 0 Å².